The maximum atomic E-state index is 11.2. The van der Waals surface area contributed by atoms with Crippen LogP contribution < -0.4 is 11.0 Å². The molecule has 2 rings (SSSR count). The van der Waals surface area contributed by atoms with Gasteiger partial charge in [-0.15, -0.1) is 0 Å². The molecule has 1 heterocycles. The van der Waals surface area contributed by atoms with Crippen LogP contribution in [0.15, 0.2) is 16.1 Å². The second kappa shape index (κ2) is 5.31. The molecule has 0 spiro atoms. The van der Waals surface area contributed by atoms with Gasteiger partial charge in [0.1, 0.15) is 10.7 Å². The number of hydrogen-bond acceptors (Lipinski definition) is 4. The first-order valence-electron chi connectivity index (χ1n) is 5.74. The molecule has 2 N–H and O–H groups in total. The van der Waals surface area contributed by atoms with E-state index in [9.17, 15) is 4.79 Å². The van der Waals surface area contributed by atoms with Crippen LogP contribution in [0, 0.1) is 5.92 Å². The SMILES string of the molecule is C[C@@H]1CCCC/C1=N/Nc1cn[nH]c(=O)c1Cl. The van der Waals surface area contributed by atoms with E-state index in [1.807, 2.05) is 0 Å². The van der Waals surface area contributed by atoms with Crippen LogP contribution in [0.1, 0.15) is 32.6 Å². The molecule has 0 aliphatic heterocycles. The summed E-state index contributed by atoms with van der Waals surface area (Å²) >= 11 is 5.83. The summed E-state index contributed by atoms with van der Waals surface area (Å²) in [5, 5.41) is 10.4. The summed E-state index contributed by atoms with van der Waals surface area (Å²) < 4.78 is 0. The minimum absolute atomic E-state index is 0.0906. The number of nitrogens with one attached hydrogen (secondary N) is 2. The van der Waals surface area contributed by atoms with Crippen LogP contribution in [0.5, 0.6) is 0 Å². The first-order valence-corrected chi connectivity index (χ1v) is 6.12. The molecule has 1 atom stereocenters. The van der Waals surface area contributed by atoms with Gasteiger partial charge in [0.05, 0.1) is 6.20 Å². The van der Waals surface area contributed by atoms with Crippen LogP contribution in [-0.2, 0) is 0 Å². The van der Waals surface area contributed by atoms with Crippen LogP contribution in [-0.4, -0.2) is 15.9 Å². The fourth-order valence-corrected chi connectivity index (χ4v) is 2.06. The number of H-pyrrole nitrogens is 1. The van der Waals surface area contributed by atoms with E-state index in [4.69, 9.17) is 11.6 Å². The molecule has 1 aliphatic carbocycles. The second-order valence-electron chi connectivity index (χ2n) is 4.29. The molecule has 92 valence electrons. The molecule has 17 heavy (non-hydrogen) atoms. The zero-order chi connectivity index (χ0) is 12.3. The number of hydrazone groups is 1. The number of anilines is 1. The van der Waals surface area contributed by atoms with E-state index in [0.29, 0.717) is 11.6 Å². The molecule has 0 saturated heterocycles. The highest BCUT2D eigenvalue weighted by molar-refractivity contribution is 6.32. The Morgan fingerprint density at radius 1 is 1.59 bits per heavy atom. The Morgan fingerprint density at radius 3 is 3.18 bits per heavy atom. The molecule has 1 saturated carbocycles. The van der Waals surface area contributed by atoms with Crippen molar-refractivity contribution in [3.63, 3.8) is 0 Å². The van der Waals surface area contributed by atoms with Crippen LogP contribution >= 0.6 is 11.6 Å². The number of nitrogens with zero attached hydrogens (tertiary/aromatic N) is 2. The molecule has 0 aromatic carbocycles. The molecule has 1 aliphatic rings. The molecular formula is C11H15ClN4O. The standard InChI is InChI=1S/C11H15ClN4O/c1-7-4-2-3-5-8(7)14-15-9-6-13-16-11(17)10(9)12/h6-7H,2-5H2,1H3,(H2,15,16,17)/b14-8-/t7-/m1/s1. The maximum Gasteiger partial charge on any atom is 0.285 e. The number of aromatic amines is 1. The van der Waals surface area contributed by atoms with Gasteiger partial charge >= 0.3 is 0 Å². The third-order valence-corrected chi connectivity index (χ3v) is 3.38. The Morgan fingerprint density at radius 2 is 2.41 bits per heavy atom. The molecule has 5 nitrogen and oxygen atoms in total. The highest BCUT2D eigenvalue weighted by Crippen LogP contribution is 2.22. The second-order valence-corrected chi connectivity index (χ2v) is 4.67. The summed E-state index contributed by atoms with van der Waals surface area (Å²) in [7, 11) is 0. The molecule has 0 amide bonds. The van der Waals surface area contributed by atoms with Crippen molar-refractivity contribution in [2.45, 2.75) is 32.6 Å². The van der Waals surface area contributed by atoms with Crippen molar-refractivity contribution in [2.75, 3.05) is 5.43 Å². The Balaban J connectivity index is 2.13. The third kappa shape index (κ3) is 2.85. The van der Waals surface area contributed by atoms with Crippen molar-refractivity contribution in [1.82, 2.24) is 10.2 Å². The van der Waals surface area contributed by atoms with Crippen molar-refractivity contribution in [1.29, 1.82) is 0 Å². The van der Waals surface area contributed by atoms with E-state index in [1.165, 1.54) is 25.5 Å². The molecule has 1 fully saturated rings. The Labute approximate surface area is 104 Å². The lowest BCUT2D eigenvalue weighted by Crippen LogP contribution is -2.18. The summed E-state index contributed by atoms with van der Waals surface area (Å²) in [4.78, 5) is 11.2. The van der Waals surface area contributed by atoms with Crippen LogP contribution in [0.25, 0.3) is 0 Å². The predicted octanol–water partition coefficient (Wildman–Crippen LogP) is 2.40. The van der Waals surface area contributed by atoms with E-state index in [1.54, 1.807) is 0 Å². The zero-order valence-corrected chi connectivity index (χ0v) is 10.4. The minimum Gasteiger partial charge on any atom is -0.275 e. The van der Waals surface area contributed by atoms with Gasteiger partial charge in [-0.3, -0.25) is 10.2 Å². The molecule has 1 aromatic rings. The molecule has 0 radical (unpaired) electrons. The van der Waals surface area contributed by atoms with E-state index >= 15 is 0 Å². The maximum absolute atomic E-state index is 11.2. The monoisotopic (exact) mass is 254 g/mol. The third-order valence-electron chi connectivity index (χ3n) is 3.00. The highest BCUT2D eigenvalue weighted by Gasteiger charge is 2.15. The van der Waals surface area contributed by atoms with Crippen molar-refractivity contribution < 1.29 is 0 Å². The van der Waals surface area contributed by atoms with Crippen LogP contribution in [0.3, 0.4) is 0 Å². The number of aromatic nitrogens is 2. The number of halogens is 1. The molecule has 0 bridgehead atoms. The summed E-state index contributed by atoms with van der Waals surface area (Å²) in [6, 6.07) is 0. The highest BCUT2D eigenvalue weighted by atomic mass is 35.5. The number of rotatable bonds is 2. The topological polar surface area (TPSA) is 70.1 Å². The van der Waals surface area contributed by atoms with E-state index in [0.717, 1.165) is 12.1 Å². The molecule has 6 heteroatoms. The number of hydrogen-bond donors (Lipinski definition) is 2. The first-order chi connectivity index (χ1) is 8.18. The predicted molar refractivity (Wildman–Crippen MR) is 68.6 cm³/mol. The van der Waals surface area contributed by atoms with Gasteiger partial charge in [-0.2, -0.15) is 10.2 Å². The van der Waals surface area contributed by atoms with Crippen molar-refractivity contribution in [2.24, 2.45) is 11.0 Å². The van der Waals surface area contributed by atoms with Gasteiger partial charge in [0.15, 0.2) is 0 Å². The summed E-state index contributed by atoms with van der Waals surface area (Å²) in [6.07, 6.45) is 6.06. The summed E-state index contributed by atoms with van der Waals surface area (Å²) in [5.41, 5.74) is 4.00. The van der Waals surface area contributed by atoms with Gasteiger partial charge in [0.2, 0.25) is 0 Å². The summed E-state index contributed by atoms with van der Waals surface area (Å²) in [5.74, 6) is 0.491. The lowest BCUT2D eigenvalue weighted by atomic mass is 9.89. The smallest absolute Gasteiger partial charge is 0.275 e. The van der Waals surface area contributed by atoms with E-state index < -0.39 is 5.56 Å². The van der Waals surface area contributed by atoms with Crippen LogP contribution in [0.4, 0.5) is 5.69 Å². The van der Waals surface area contributed by atoms with E-state index in [2.05, 4.69) is 27.6 Å². The largest absolute Gasteiger partial charge is 0.285 e. The van der Waals surface area contributed by atoms with E-state index in [-0.39, 0.29) is 5.02 Å². The molecular weight excluding hydrogens is 240 g/mol. The Bertz CT molecular complexity index is 483. The molecule has 1 aromatic heterocycles. The normalized spacial score (nSPS) is 22.7. The fraction of sp³-hybridized carbons (Fsp3) is 0.545. The van der Waals surface area contributed by atoms with Crippen molar-refractivity contribution in [3.05, 3.63) is 21.6 Å². The lowest BCUT2D eigenvalue weighted by molar-refractivity contribution is 0.558. The molecule has 0 unspecified atom stereocenters. The van der Waals surface area contributed by atoms with Gasteiger partial charge in [-0.1, -0.05) is 24.9 Å². The average molecular weight is 255 g/mol. The van der Waals surface area contributed by atoms with Crippen LogP contribution in [0.2, 0.25) is 5.02 Å². The van der Waals surface area contributed by atoms with Gasteiger partial charge in [-0.05, 0) is 25.2 Å². The van der Waals surface area contributed by atoms with Gasteiger partial charge in [-0.25, -0.2) is 5.10 Å². The van der Waals surface area contributed by atoms with Crippen molar-refractivity contribution in [3.8, 4) is 0 Å². The Kier molecular flexibility index (Phi) is 3.78. The fourth-order valence-electron chi connectivity index (χ4n) is 1.93. The van der Waals surface area contributed by atoms with Gasteiger partial charge < -0.3 is 0 Å². The first kappa shape index (κ1) is 12.1. The van der Waals surface area contributed by atoms with Gasteiger partial charge in [0, 0.05) is 5.71 Å². The quantitative estimate of drug-likeness (QED) is 0.796. The Hall–Kier alpha value is -1.36. The van der Waals surface area contributed by atoms with Gasteiger partial charge in [0.25, 0.3) is 5.56 Å². The summed E-state index contributed by atoms with van der Waals surface area (Å²) in [6.45, 7) is 2.16. The zero-order valence-electron chi connectivity index (χ0n) is 9.66. The lowest BCUT2D eigenvalue weighted by Gasteiger charge is -2.20. The van der Waals surface area contributed by atoms with Crippen molar-refractivity contribution >= 4 is 23.0 Å². The minimum atomic E-state index is -0.409. The average Bonchev–Trinajstić information content (AvgIpc) is 2.33.